The summed E-state index contributed by atoms with van der Waals surface area (Å²) < 4.78 is 23.5. The number of carbonyl (C=O) groups excluding carboxylic acids is 1. The highest BCUT2D eigenvalue weighted by atomic mass is 32.2. The molecule has 0 aromatic rings. The summed E-state index contributed by atoms with van der Waals surface area (Å²) in [7, 11) is -3.64. The number of carbonyl (C=O) groups is 1. The van der Waals surface area contributed by atoms with Crippen LogP contribution in [-0.2, 0) is 15.0 Å². The number of nitrogens with zero attached hydrogens (tertiary/aromatic N) is 2. The summed E-state index contributed by atoms with van der Waals surface area (Å²) in [6.45, 7) is 1.32. The molecule has 1 aliphatic carbocycles. The van der Waals surface area contributed by atoms with Crippen LogP contribution in [0.15, 0.2) is 0 Å². The summed E-state index contributed by atoms with van der Waals surface area (Å²) in [5.41, 5.74) is 5.84. The molecule has 4 N–H and O–H groups in total. The molecule has 1 amide bonds. The topological polar surface area (TPSA) is 110 Å². The first-order valence-corrected chi connectivity index (χ1v) is 8.15. The minimum absolute atomic E-state index is 0.0264. The summed E-state index contributed by atoms with van der Waals surface area (Å²) in [4.78, 5) is 13.9. The molecule has 0 aromatic carbocycles. The second kappa shape index (κ2) is 5.35. The van der Waals surface area contributed by atoms with E-state index < -0.39 is 10.2 Å². The first-order valence-electron chi connectivity index (χ1n) is 6.65. The summed E-state index contributed by atoms with van der Waals surface area (Å²) >= 11 is 0. The first-order chi connectivity index (χ1) is 8.80. The molecule has 1 saturated carbocycles. The fourth-order valence-electron chi connectivity index (χ4n) is 2.86. The van der Waals surface area contributed by atoms with E-state index in [1.54, 1.807) is 4.90 Å². The van der Waals surface area contributed by atoms with Crippen molar-refractivity contribution in [1.29, 1.82) is 0 Å². The Hall–Kier alpha value is -0.700. The van der Waals surface area contributed by atoms with Gasteiger partial charge in [-0.25, -0.2) is 5.14 Å². The van der Waals surface area contributed by atoms with Crippen LogP contribution >= 0.6 is 0 Å². The largest absolute Gasteiger partial charge is 0.340 e. The highest BCUT2D eigenvalue weighted by Crippen LogP contribution is 2.30. The van der Waals surface area contributed by atoms with Crippen molar-refractivity contribution in [3.8, 4) is 0 Å². The van der Waals surface area contributed by atoms with Crippen LogP contribution in [0.1, 0.15) is 32.1 Å². The third-order valence-electron chi connectivity index (χ3n) is 4.05. The zero-order valence-corrected chi connectivity index (χ0v) is 11.9. The van der Waals surface area contributed by atoms with E-state index in [1.807, 2.05) is 0 Å². The molecule has 0 atom stereocenters. The number of hydrogen-bond acceptors (Lipinski definition) is 4. The number of hydrogen-bond donors (Lipinski definition) is 2. The van der Waals surface area contributed by atoms with Gasteiger partial charge in [0.2, 0.25) is 5.91 Å². The quantitative estimate of drug-likeness (QED) is 0.694. The monoisotopic (exact) mass is 290 g/mol. The minimum atomic E-state index is -3.64. The summed E-state index contributed by atoms with van der Waals surface area (Å²) in [5.74, 6) is 0.0264. The van der Waals surface area contributed by atoms with Gasteiger partial charge in [-0.05, 0) is 12.8 Å². The lowest BCUT2D eigenvalue weighted by Gasteiger charge is -2.35. The summed E-state index contributed by atoms with van der Waals surface area (Å²) in [6.07, 6.45) is 4.33. The molecular formula is C11H22N4O3S. The van der Waals surface area contributed by atoms with Crippen molar-refractivity contribution in [2.24, 2.45) is 10.9 Å². The summed E-state index contributed by atoms with van der Waals surface area (Å²) in [5, 5.41) is 5.06. The van der Waals surface area contributed by atoms with E-state index in [-0.39, 0.29) is 24.5 Å². The SMILES string of the molecule is NC1(CC(=O)N2CCN(S(N)(=O)=O)CC2)CCCC1. The maximum absolute atomic E-state index is 12.2. The average molecular weight is 290 g/mol. The molecule has 8 heteroatoms. The smallest absolute Gasteiger partial charge is 0.277 e. The predicted molar refractivity (Wildman–Crippen MR) is 71.3 cm³/mol. The van der Waals surface area contributed by atoms with Gasteiger partial charge in [-0.2, -0.15) is 12.7 Å². The first kappa shape index (κ1) is 14.7. The Balaban J connectivity index is 1.86. The molecule has 0 bridgehead atoms. The van der Waals surface area contributed by atoms with E-state index in [4.69, 9.17) is 10.9 Å². The Kier molecular flexibility index (Phi) is 4.14. The lowest BCUT2D eigenvalue weighted by molar-refractivity contribution is -0.133. The molecule has 2 rings (SSSR count). The standard InChI is InChI=1S/C11H22N4O3S/c12-11(3-1-2-4-11)9-10(16)14-5-7-15(8-6-14)19(13,17)18/h1-9,12H2,(H2,13,17,18). The normalized spacial score (nSPS) is 24.6. The van der Waals surface area contributed by atoms with E-state index in [0.717, 1.165) is 25.7 Å². The zero-order valence-electron chi connectivity index (χ0n) is 11.0. The van der Waals surface area contributed by atoms with Gasteiger partial charge in [0.1, 0.15) is 0 Å². The molecular weight excluding hydrogens is 268 g/mol. The molecule has 1 aliphatic heterocycles. The van der Waals surface area contributed by atoms with E-state index in [9.17, 15) is 13.2 Å². The van der Waals surface area contributed by atoms with Crippen LogP contribution in [-0.4, -0.2) is 55.2 Å². The lowest BCUT2D eigenvalue weighted by Crippen LogP contribution is -2.53. The van der Waals surface area contributed by atoms with E-state index in [0.29, 0.717) is 19.5 Å². The van der Waals surface area contributed by atoms with Crippen molar-refractivity contribution >= 4 is 16.1 Å². The molecule has 0 aromatic heterocycles. The number of piperazine rings is 1. The zero-order chi connectivity index (χ0) is 14.1. The van der Waals surface area contributed by atoms with Gasteiger partial charge in [0.05, 0.1) is 0 Å². The van der Waals surface area contributed by atoms with Crippen LogP contribution in [0.5, 0.6) is 0 Å². The van der Waals surface area contributed by atoms with Crippen LogP contribution in [0.3, 0.4) is 0 Å². The second-order valence-electron chi connectivity index (χ2n) is 5.57. The average Bonchev–Trinajstić information content (AvgIpc) is 2.75. The van der Waals surface area contributed by atoms with Gasteiger partial charge >= 0.3 is 0 Å². The third-order valence-corrected chi connectivity index (χ3v) is 5.14. The molecule has 1 saturated heterocycles. The number of amides is 1. The van der Waals surface area contributed by atoms with Crippen LogP contribution in [0.2, 0.25) is 0 Å². The van der Waals surface area contributed by atoms with Gasteiger partial charge in [-0.1, -0.05) is 12.8 Å². The van der Waals surface area contributed by atoms with E-state index >= 15 is 0 Å². The van der Waals surface area contributed by atoms with Crippen molar-refractivity contribution in [1.82, 2.24) is 9.21 Å². The van der Waals surface area contributed by atoms with Gasteiger partial charge in [0.25, 0.3) is 10.2 Å². The number of rotatable bonds is 3. The molecule has 0 unspecified atom stereocenters. The second-order valence-corrected chi connectivity index (χ2v) is 7.12. The van der Waals surface area contributed by atoms with Gasteiger partial charge in [0.15, 0.2) is 0 Å². The number of nitrogens with two attached hydrogens (primary N) is 2. The fourth-order valence-corrected chi connectivity index (χ4v) is 3.53. The van der Waals surface area contributed by atoms with Crippen molar-refractivity contribution < 1.29 is 13.2 Å². The van der Waals surface area contributed by atoms with E-state index in [2.05, 4.69) is 0 Å². The predicted octanol–water partition coefficient (Wildman–Crippen LogP) is -1.00. The molecule has 19 heavy (non-hydrogen) atoms. The maximum Gasteiger partial charge on any atom is 0.277 e. The highest BCUT2D eigenvalue weighted by molar-refractivity contribution is 7.86. The Morgan fingerprint density at radius 3 is 2.11 bits per heavy atom. The van der Waals surface area contributed by atoms with Crippen LogP contribution in [0, 0.1) is 0 Å². The van der Waals surface area contributed by atoms with Crippen molar-refractivity contribution in [3.63, 3.8) is 0 Å². The molecule has 2 aliphatic rings. The van der Waals surface area contributed by atoms with Crippen LogP contribution < -0.4 is 10.9 Å². The molecule has 2 fully saturated rings. The third kappa shape index (κ3) is 3.65. The Morgan fingerprint density at radius 1 is 1.11 bits per heavy atom. The van der Waals surface area contributed by atoms with Crippen LogP contribution in [0.4, 0.5) is 0 Å². The highest BCUT2D eigenvalue weighted by Gasteiger charge is 2.34. The fraction of sp³-hybridized carbons (Fsp3) is 0.909. The minimum Gasteiger partial charge on any atom is -0.340 e. The Morgan fingerprint density at radius 2 is 1.63 bits per heavy atom. The van der Waals surface area contributed by atoms with Crippen molar-refractivity contribution in [3.05, 3.63) is 0 Å². The maximum atomic E-state index is 12.2. The summed E-state index contributed by atoms with van der Waals surface area (Å²) in [6, 6.07) is 0. The van der Waals surface area contributed by atoms with E-state index in [1.165, 1.54) is 4.31 Å². The van der Waals surface area contributed by atoms with Gasteiger partial charge in [-0.15, -0.1) is 0 Å². The Labute approximate surface area is 114 Å². The molecule has 110 valence electrons. The van der Waals surface area contributed by atoms with Crippen LogP contribution in [0.25, 0.3) is 0 Å². The molecule has 7 nitrogen and oxygen atoms in total. The van der Waals surface area contributed by atoms with Crippen molar-refractivity contribution in [2.45, 2.75) is 37.6 Å². The molecule has 1 heterocycles. The Bertz CT molecular complexity index is 437. The molecule has 0 spiro atoms. The van der Waals surface area contributed by atoms with Crippen molar-refractivity contribution in [2.75, 3.05) is 26.2 Å². The molecule has 0 radical (unpaired) electrons. The van der Waals surface area contributed by atoms with Gasteiger partial charge in [-0.3, -0.25) is 4.79 Å². The van der Waals surface area contributed by atoms with Gasteiger partial charge < -0.3 is 10.6 Å². The van der Waals surface area contributed by atoms with Gasteiger partial charge in [0, 0.05) is 38.1 Å². The lowest BCUT2D eigenvalue weighted by atomic mass is 9.94.